The van der Waals surface area contributed by atoms with Gasteiger partial charge in [-0.3, -0.25) is 9.59 Å². The molecule has 0 N–H and O–H groups in total. The number of halogens is 2. The summed E-state index contributed by atoms with van der Waals surface area (Å²) in [7, 11) is 0. The first-order valence-electron chi connectivity index (χ1n) is 8.35. The fourth-order valence-corrected chi connectivity index (χ4v) is 3.67. The molecular formula is C21H10Br2O6. The van der Waals surface area contributed by atoms with E-state index in [-0.39, 0.29) is 11.1 Å². The van der Waals surface area contributed by atoms with Crippen LogP contribution >= 0.6 is 31.9 Å². The van der Waals surface area contributed by atoms with E-state index in [1.807, 2.05) is 0 Å². The maximum atomic E-state index is 12.6. The van der Waals surface area contributed by atoms with Gasteiger partial charge in [-0.25, -0.2) is 9.59 Å². The summed E-state index contributed by atoms with van der Waals surface area (Å²) >= 11 is 6.62. The van der Waals surface area contributed by atoms with E-state index in [2.05, 4.69) is 31.9 Å². The van der Waals surface area contributed by atoms with Gasteiger partial charge in [0.05, 0.1) is 6.42 Å². The molecule has 0 aliphatic carbocycles. The highest BCUT2D eigenvalue weighted by Gasteiger charge is 2.21. The molecule has 0 spiro atoms. The maximum Gasteiger partial charge on any atom is 0.347 e. The number of hydrogen-bond acceptors (Lipinski definition) is 6. The van der Waals surface area contributed by atoms with Gasteiger partial charge in [0, 0.05) is 19.7 Å². The Morgan fingerprint density at radius 3 is 1.52 bits per heavy atom. The zero-order valence-corrected chi connectivity index (χ0v) is 17.7. The average Bonchev–Trinajstić information content (AvgIpc) is 2.67. The van der Waals surface area contributed by atoms with Gasteiger partial charge in [0.2, 0.25) is 0 Å². The first-order chi connectivity index (χ1) is 13.8. The molecule has 0 aliphatic heterocycles. The van der Waals surface area contributed by atoms with Crippen LogP contribution in [-0.4, -0.2) is 11.6 Å². The average molecular weight is 518 g/mol. The van der Waals surface area contributed by atoms with Crippen LogP contribution in [0.4, 0.5) is 0 Å². The van der Waals surface area contributed by atoms with E-state index >= 15 is 0 Å². The summed E-state index contributed by atoms with van der Waals surface area (Å²) in [4.78, 5) is 49.5. The Morgan fingerprint density at radius 1 is 0.690 bits per heavy atom. The van der Waals surface area contributed by atoms with Crippen molar-refractivity contribution in [3.63, 3.8) is 0 Å². The molecule has 29 heavy (non-hydrogen) atoms. The molecule has 6 nitrogen and oxygen atoms in total. The molecule has 0 aliphatic rings. The van der Waals surface area contributed by atoms with E-state index in [1.54, 1.807) is 36.4 Å². The lowest BCUT2D eigenvalue weighted by Crippen LogP contribution is -2.20. The van der Waals surface area contributed by atoms with Crippen LogP contribution in [0.25, 0.3) is 21.9 Å². The summed E-state index contributed by atoms with van der Waals surface area (Å²) in [5.41, 5.74) is -1.54. The van der Waals surface area contributed by atoms with Crippen molar-refractivity contribution in [3.05, 3.63) is 89.4 Å². The van der Waals surface area contributed by atoms with E-state index in [0.717, 1.165) is 8.95 Å². The molecule has 2 heterocycles. The van der Waals surface area contributed by atoms with Crippen molar-refractivity contribution >= 4 is 65.4 Å². The minimum absolute atomic E-state index is 0.253. The van der Waals surface area contributed by atoms with Crippen LogP contribution in [0.1, 0.15) is 27.1 Å². The van der Waals surface area contributed by atoms with Crippen LogP contribution in [0, 0.1) is 0 Å². The Balaban J connectivity index is 1.69. The summed E-state index contributed by atoms with van der Waals surface area (Å²) in [5.74, 6) is -1.47. The molecule has 0 bridgehead atoms. The quantitative estimate of drug-likeness (QED) is 0.217. The third-order valence-corrected chi connectivity index (χ3v) is 5.30. The van der Waals surface area contributed by atoms with E-state index in [9.17, 15) is 19.2 Å². The monoisotopic (exact) mass is 516 g/mol. The van der Waals surface area contributed by atoms with E-state index in [1.165, 1.54) is 12.1 Å². The second kappa shape index (κ2) is 7.53. The lowest BCUT2D eigenvalue weighted by molar-refractivity contribution is 0.0890. The molecule has 144 valence electrons. The van der Waals surface area contributed by atoms with E-state index in [4.69, 9.17) is 8.83 Å². The van der Waals surface area contributed by atoms with Gasteiger partial charge in [0.15, 0.2) is 11.6 Å². The second-order valence-electron chi connectivity index (χ2n) is 6.28. The number of carbonyl (C=O) groups is 2. The van der Waals surface area contributed by atoms with Gasteiger partial charge in [0.1, 0.15) is 22.3 Å². The smallest absolute Gasteiger partial charge is 0.347 e. The summed E-state index contributed by atoms with van der Waals surface area (Å²) in [5, 5.41) is 1.06. The fraction of sp³-hybridized carbons (Fsp3) is 0.0476. The Hall–Kier alpha value is -2.84. The molecular weight excluding hydrogens is 508 g/mol. The number of rotatable bonds is 4. The number of hydrogen-bond donors (Lipinski definition) is 0. The number of carbonyl (C=O) groups excluding carboxylic acids is 2. The molecule has 8 heteroatoms. The van der Waals surface area contributed by atoms with Crippen LogP contribution in [-0.2, 0) is 0 Å². The topological polar surface area (TPSA) is 94.6 Å². The Morgan fingerprint density at radius 2 is 1.10 bits per heavy atom. The highest BCUT2D eigenvalue weighted by molar-refractivity contribution is 9.10. The van der Waals surface area contributed by atoms with Crippen molar-refractivity contribution in [3.8, 4) is 0 Å². The molecule has 0 saturated heterocycles. The Labute approximate surface area is 179 Å². The van der Waals surface area contributed by atoms with Crippen molar-refractivity contribution in [2.45, 2.75) is 6.42 Å². The predicted molar refractivity (Wildman–Crippen MR) is 114 cm³/mol. The van der Waals surface area contributed by atoms with Gasteiger partial charge in [-0.1, -0.05) is 31.9 Å². The van der Waals surface area contributed by atoms with Crippen LogP contribution in [0.5, 0.6) is 0 Å². The van der Waals surface area contributed by atoms with Gasteiger partial charge in [-0.15, -0.1) is 0 Å². The first-order valence-corrected chi connectivity index (χ1v) is 9.93. The molecule has 2 aromatic heterocycles. The van der Waals surface area contributed by atoms with Gasteiger partial charge < -0.3 is 8.83 Å². The normalized spacial score (nSPS) is 11.1. The zero-order valence-electron chi connectivity index (χ0n) is 14.5. The van der Waals surface area contributed by atoms with Crippen molar-refractivity contribution in [1.29, 1.82) is 0 Å². The van der Waals surface area contributed by atoms with Crippen LogP contribution in [0.15, 0.2) is 75.9 Å². The lowest BCUT2D eigenvalue weighted by Gasteiger charge is -2.04. The van der Waals surface area contributed by atoms with Crippen molar-refractivity contribution in [1.82, 2.24) is 0 Å². The Bertz CT molecular complexity index is 1320. The molecule has 2 aromatic carbocycles. The molecule has 4 aromatic rings. The van der Waals surface area contributed by atoms with Crippen LogP contribution < -0.4 is 11.3 Å². The summed E-state index contributed by atoms with van der Waals surface area (Å²) in [6.07, 6.45) is -0.658. The van der Waals surface area contributed by atoms with Crippen molar-refractivity contribution in [2.24, 2.45) is 0 Å². The molecule has 0 unspecified atom stereocenters. The minimum Gasteiger partial charge on any atom is -0.422 e. The number of Topliss-reactive ketones (excluding diaryl/α,β-unsaturated/α-hetero) is 2. The van der Waals surface area contributed by atoms with Gasteiger partial charge in [-0.2, -0.15) is 0 Å². The minimum atomic E-state index is -0.841. The van der Waals surface area contributed by atoms with Gasteiger partial charge in [0.25, 0.3) is 0 Å². The largest absolute Gasteiger partial charge is 0.422 e. The van der Waals surface area contributed by atoms with Gasteiger partial charge in [-0.05, 0) is 48.5 Å². The highest BCUT2D eigenvalue weighted by Crippen LogP contribution is 2.21. The highest BCUT2D eigenvalue weighted by atomic mass is 79.9. The van der Waals surface area contributed by atoms with Crippen molar-refractivity contribution < 1.29 is 18.4 Å². The lowest BCUT2D eigenvalue weighted by atomic mass is 10.0. The van der Waals surface area contributed by atoms with Crippen molar-refractivity contribution in [2.75, 3.05) is 0 Å². The number of benzene rings is 2. The molecule has 0 fully saturated rings. The fourth-order valence-electron chi connectivity index (χ4n) is 2.91. The molecule has 0 radical (unpaired) electrons. The summed E-state index contributed by atoms with van der Waals surface area (Å²) in [6.45, 7) is 0. The molecule has 0 amide bonds. The first kappa shape index (κ1) is 19.5. The molecule has 0 saturated carbocycles. The molecule has 4 rings (SSSR count). The third-order valence-electron chi connectivity index (χ3n) is 4.31. The predicted octanol–water partition coefficient (Wildman–Crippen LogP) is 4.88. The SMILES string of the molecule is O=C(CC(=O)c1cc2cc(Br)ccc2oc1=O)c1cc2cc(Br)ccc2oc1=O. The van der Waals surface area contributed by atoms with Crippen LogP contribution in [0.3, 0.4) is 0 Å². The zero-order chi connectivity index (χ0) is 20.7. The van der Waals surface area contributed by atoms with Gasteiger partial charge >= 0.3 is 11.3 Å². The summed E-state index contributed by atoms with van der Waals surface area (Å²) < 4.78 is 11.8. The maximum absolute atomic E-state index is 12.6. The number of ketones is 2. The Kier molecular flexibility index (Phi) is 5.06. The standard InChI is InChI=1S/C21H10Br2O6/c22-12-1-3-18-10(5-12)7-14(20(26)28-18)16(24)9-17(25)15-8-11-6-13(23)2-4-19(11)29-21(15)27/h1-8H,9H2. The second-order valence-corrected chi connectivity index (χ2v) is 8.11. The summed E-state index contributed by atoms with van der Waals surface area (Å²) in [6, 6.07) is 12.7. The van der Waals surface area contributed by atoms with Crippen LogP contribution in [0.2, 0.25) is 0 Å². The third kappa shape index (κ3) is 3.86. The molecule has 0 atom stereocenters. The van der Waals surface area contributed by atoms with E-state index < -0.39 is 29.2 Å². The number of fused-ring (bicyclic) bond motifs is 2. The van der Waals surface area contributed by atoms with E-state index in [0.29, 0.717) is 21.9 Å².